The first-order valence-electron chi connectivity index (χ1n) is 7.88. The molecule has 1 aliphatic carbocycles. The largest absolute Gasteiger partial charge is 0.480 e. The topological polar surface area (TPSA) is 113 Å². The Morgan fingerprint density at radius 3 is 2.38 bits per heavy atom. The van der Waals surface area contributed by atoms with Gasteiger partial charge in [0.05, 0.1) is 6.04 Å². The Hall–Kier alpha value is -1.45. The molecule has 0 bridgehead atoms. The van der Waals surface area contributed by atoms with Crippen molar-refractivity contribution in [1.82, 2.24) is 10.0 Å². The number of carboxylic acids is 1. The average Bonchev–Trinajstić information content (AvgIpc) is 2.95. The van der Waals surface area contributed by atoms with Crippen LogP contribution >= 0.6 is 11.3 Å². The second-order valence-electron chi connectivity index (χ2n) is 6.07. The van der Waals surface area contributed by atoms with Crippen LogP contribution in [0, 0.1) is 0 Å². The number of carbonyl (C=O) groups is 2. The molecule has 2 rings (SSSR count). The van der Waals surface area contributed by atoms with E-state index in [0.717, 1.165) is 37.0 Å². The molecular weight excluding hydrogens is 352 g/mol. The molecule has 7 nitrogen and oxygen atoms in total. The maximum atomic E-state index is 12.4. The van der Waals surface area contributed by atoms with Crippen LogP contribution in [0.25, 0.3) is 0 Å². The summed E-state index contributed by atoms with van der Waals surface area (Å²) in [5.74, 6) is -1.69. The third-order valence-electron chi connectivity index (χ3n) is 4.21. The van der Waals surface area contributed by atoms with Crippen molar-refractivity contribution in [2.24, 2.45) is 0 Å². The molecule has 1 saturated carbocycles. The molecule has 1 aliphatic rings. The highest BCUT2D eigenvalue weighted by molar-refractivity contribution is 7.91. The molecule has 0 spiro atoms. The molecule has 24 heavy (non-hydrogen) atoms. The summed E-state index contributed by atoms with van der Waals surface area (Å²) in [6.07, 6.45) is 4.04. The first kappa shape index (κ1) is 18.9. The molecule has 0 saturated heterocycles. The van der Waals surface area contributed by atoms with E-state index in [1.165, 1.54) is 13.0 Å². The van der Waals surface area contributed by atoms with Crippen LogP contribution in [0.3, 0.4) is 0 Å². The van der Waals surface area contributed by atoms with E-state index in [1.54, 1.807) is 11.4 Å². The summed E-state index contributed by atoms with van der Waals surface area (Å²) in [5, 5.41) is 13.8. The highest BCUT2D eigenvalue weighted by Crippen LogP contribution is 2.27. The predicted molar refractivity (Wildman–Crippen MR) is 90.3 cm³/mol. The third-order valence-corrected chi connectivity index (χ3v) is 7.15. The summed E-state index contributed by atoms with van der Waals surface area (Å²) < 4.78 is 26.8. The van der Waals surface area contributed by atoms with Crippen LogP contribution in [0.15, 0.2) is 21.7 Å². The number of hydrogen-bond donors (Lipinski definition) is 3. The molecule has 134 valence electrons. The van der Waals surface area contributed by atoms with Crippen LogP contribution < -0.4 is 10.0 Å². The van der Waals surface area contributed by atoms with Gasteiger partial charge in [-0.25, -0.2) is 13.2 Å². The molecule has 1 aromatic heterocycles. The van der Waals surface area contributed by atoms with Gasteiger partial charge in [0, 0.05) is 0 Å². The number of amides is 1. The molecule has 0 aromatic carbocycles. The Kier molecular flexibility index (Phi) is 6.00. The number of thiophene rings is 1. The van der Waals surface area contributed by atoms with E-state index in [2.05, 4.69) is 10.0 Å². The fraction of sp³-hybridized carbons (Fsp3) is 0.600. The van der Waals surface area contributed by atoms with Gasteiger partial charge in [-0.3, -0.25) is 4.79 Å². The zero-order valence-electron chi connectivity index (χ0n) is 13.4. The highest BCUT2D eigenvalue weighted by Gasteiger charge is 2.41. The number of nitrogens with one attached hydrogen (secondary N) is 2. The monoisotopic (exact) mass is 374 g/mol. The fourth-order valence-electron chi connectivity index (χ4n) is 2.83. The lowest BCUT2D eigenvalue weighted by atomic mass is 9.90. The van der Waals surface area contributed by atoms with Gasteiger partial charge in [0.15, 0.2) is 0 Å². The summed E-state index contributed by atoms with van der Waals surface area (Å²) in [7, 11) is -3.79. The van der Waals surface area contributed by atoms with Crippen molar-refractivity contribution >= 4 is 33.2 Å². The number of carbonyl (C=O) groups excluding carboxylic acids is 1. The zero-order valence-corrected chi connectivity index (χ0v) is 15.1. The quantitative estimate of drug-likeness (QED) is 0.656. The van der Waals surface area contributed by atoms with Crippen LogP contribution in [0.2, 0.25) is 0 Å². The van der Waals surface area contributed by atoms with E-state index in [4.69, 9.17) is 0 Å². The van der Waals surface area contributed by atoms with Crippen molar-refractivity contribution in [2.45, 2.75) is 61.2 Å². The smallest absolute Gasteiger partial charge is 0.329 e. The maximum Gasteiger partial charge on any atom is 0.329 e. The van der Waals surface area contributed by atoms with Gasteiger partial charge in [0.1, 0.15) is 9.75 Å². The summed E-state index contributed by atoms with van der Waals surface area (Å²) in [4.78, 5) is 24.1. The minimum Gasteiger partial charge on any atom is -0.480 e. The van der Waals surface area contributed by atoms with Crippen LogP contribution in [0.5, 0.6) is 0 Å². The lowest BCUT2D eigenvalue weighted by molar-refractivity contribution is -0.148. The molecule has 1 unspecified atom stereocenters. The second kappa shape index (κ2) is 7.62. The van der Waals surface area contributed by atoms with E-state index in [0.29, 0.717) is 12.8 Å². The second-order valence-corrected chi connectivity index (χ2v) is 8.95. The lowest BCUT2D eigenvalue weighted by Crippen LogP contribution is -2.58. The van der Waals surface area contributed by atoms with Gasteiger partial charge < -0.3 is 10.4 Å². The summed E-state index contributed by atoms with van der Waals surface area (Å²) in [6.45, 7) is 1.41. The van der Waals surface area contributed by atoms with E-state index in [9.17, 15) is 23.1 Å². The number of sulfonamides is 1. The molecule has 0 radical (unpaired) electrons. The maximum absolute atomic E-state index is 12.4. The number of aliphatic carboxylic acids is 1. The van der Waals surface area contributed by atoms with Crippen LogP contribution in [-0.2, 0) is 19.6 Å². The number of carboxylic acid groups (broad SMARTS) is 1. The van der Waals surface area contributed by atoms with Crippen molar-refractivity contribution in [3.05, 3.63) is 17.5 Å². The fourth-order valence-corrected chi connectivity index (χ4v) is 5.04. The summed E-state index contributed by atoms with van der Waals surface area (Å²) in [6, 6.07) is 1.99. The van der Waals surface area contributed by atoms with Crippen molar-refractivity contribution in [2.75, 3.05) is 0 Å². The zero-order chi connectivity index (χ0) is 17.8. The molecule has 0 aliphatic heterocycles. The van der Waals surface area contributed by atoms with Gasteiger partial charge in [0.2, 0.25) is 5.91 Å². The van der Waals surface area contributed by atoms with E-state index >= 15 is 0 Å². The van der Waals surface area contributed by atoms with Crippen LogP contribution in [0.1, 0.15) is 45.4 Å². The van der Waals surface area contributed by atoms with Gasteiger partial charge in [-0.05, 0) is 31.2 Å². The molecule has 1 fully saturated rings. The van der Waals surface area contributed by atoms with Crippen LogP contribution in [0.4, 0.5) is 0 Å². The normalized spacial score (nSPS) is 19.2. The van der Waals surface area contributed by atoms with Crippen molar-refractivity contribution in [3.8, 4) is 0 Å². The first-order valence-corrected chi connectivity index (χ1v) is 10.2. The van der Waals surface area contributed by atoms with Gasteiger partial charge in [-0.2, -0.15) is 4.72 Å². The molecule has 3 N–H and O–H groups in total. The van der Waals surface area contributed by atoms with E-state index < -0.39 is 33.5 Å². The Morgan fingerprint density at radius 2 is 1.88 bits per heavy atom. The predicted octanol–water partition coefficient (Wildman–Crippen LogP) is 1.71. The average molecular weight is 374 g/mol. The molecule has 9 heteroatoms. The van der Waals surface area contributed by atoms with Gasteiger partial charge in [-0.1, -0.05) is 31.7 Å². The van der Waals surface area contributed by atoms with Gasteiger partial charge >= 0.3 is 5.97 Å². The van der Waals surface area contributed by atoms with Crippen molar-refractivity contribution < 1.29 is 23.1 Å². The summed E-state index contributed by atoms with van der Waals surface area (Å²) in [5.41, 5.74) is -1.31. The highest BCUT2D eigenvalue weighted by atomic mass is 32.2. The summed E-state index contributed by atoms with van der Waals surface area (Å²) >= 11 is 1.05. The van der Waals surface area contributed by atoms with Gasteiger partial charge in [-0.15, -0.1) is 11.3 Å². The van der Waals surface area contributed by atoms with Crippen LogP contribution in [-0.4, -0.2) is 37.0 Å². The number of hydrogen-bond acceptors (Lipinski definition) is 5. The molecule has 1 atom stereocenters. The van der Waals surface area contributed by atoms with Crippen molar-refractivity contribution in [1.29, 1.82) is 0 Å². The Labute approximate surface area is 145 Å². The Balaban J connectivity index is 2.08. The van der Waals surface area contributed by atoms with E-state index in [1.807, 2.05) is 0 Å². The Bertz CT molecular complexity index is 677. The molecular formula is C15H22N2O5S2. The first-order chi connectivity index (χ1) is 11.3. The minimum absolute atomic E-state index is 0.115. The van der Waals surface area contributed by atoms with Crippen molar-refractivity contribution in [3.63, 3.8) is 0 Å². The third kappa shape index (κ3) is 4.34. The molecule has 1 amide bonds. The Morgan fingerprint density at radius 1 is 1.25 bits per heavy atom. The van der Waals surface area contributed by atoms with E-state index in [-0.39, 0.29) is 4.21 Å². The van der Waals surface area contributed by atoms with Gasteiger partial charge in [0.25, 0.3) is 10.0 Å². The number of rotatable bonds is 6. The molecule has 1 aromatic rings. The standard InChI is InChI=1S/C15H22N2O5S2/c1-11(17-24(21,22)12-7-6-10-23-12)13(18)16-15(14(19)20)8-4-2-3-5-9-15/h6-7,10-11,17H,2-5,8-9H2,1H3,(H,16,18)(H,19,20). The lowest BCUT2D eigenvalue weighted by Gasteiger charge is -2.30. The molecule has 1 heterocycles. The SMILES string of the molecule is CC(NS(=O)(=O)c1cccs1)C(=O)NC1(C(=O)O)CCCCCC1. The minimum atomic E-state index is -3.79.